The first-order chi connectivity index (χ1) is 8.69. The van der Waals surface area contributed by atoms with Gasteiger partial charge in [-0.05, 0) is 41.7 Å². The second-order valence-electron chi connectivity index (χ2n) is 7.71. The van der Waals surface area contributed by atoms with Gasteiger partial charge in [0.2, 0.25) is 5.88 Å². The molecule has 1 fully saturated rings. The molecule has 1 aliphatic carbocycles. The minimum atomic E-state index is 0.0515. The van der Waals surface area contributed by atoms with Crippen LogP contribution in [0.3, 0.4) is 0 Å². The lowest BCUT2D eigenvalue weighted by Crippen LogP contribution is -2.29. The summed E-state index contributed by atoms with van der Waals surface area (Å²) in [5, 5.41) is 0. The zero-order valence-corrected chi connectivity index (χ0v) is 13.2. The van der Waals surface area contributed by atoms with E-state index >= 15 is 0 Å². The second kappa shape index (κ2) is 4.81. The highest BCUT2D eigenvalue weighted by Crippen LogP contribution is 2.39. The van der Waals surface area contributed by atoms with Gasteiger partial charge in [-0.15, -0.1) is 0 Å². The average Bonchev–Trinajstić information content (AvgIpc) is 2.20. The van der Waals surface area contributed by atoms with Crippen LogP contribution in [-0.4, -0.2) is 11.1 Å². The SMILES string of the molecule is CC(C)(C)c1ccnc(OC2CCC2)c1C(C)(C)C. The quantitative estimate of drug-likeness (QED) is 0.775. The lowest BCUT2D eigenvalue weighted by molar-refractivity contribution is 0.111. The molecule has 1 heterocycles. The van der Waals surface area contributed by atoms with E-state index < -0.39 is 0 Å². The molecule has 0 bridgehead atoms. The summed E-state index contributed by atoms with van der Waals surface area (Å²) < 4.78 is 6.13. The predicted molar refractivity (Wildman–Crippen MR) is 79.9 cm³/mol. The fraction of sp³-hybridized carbons (Fsp3) is 0.706. The molecule has 0 unspecified atom stereocenters. The van der Waals surface area contributed by atoms with Crippen molar-refractivity contribution in [3.8, 4) is 5.88 Å². The van der Waals surface area contributed by atoms with Crippen LogP contribution < -0.4 is 4.74 Å². The number of nitrogens with zero attached hydrogens (tertiary/aromatic N) is 1. The van der Waals surface area contributed by atoms with E-state index in [1.54, 1.807) is 0 Å². The first-order valence-electron chi connectivity index (χ1n) is 7.36. The van der Waals surface area contributed by atoms with Crippen LogP contribution >= 0.6 is 0 Å². The van der Waals surface area contributed by atoms with Crippen LogP contribution in [0.4, 0.5) is 0 Å². The number of aromatic nitrogens is 1. The summed E-state index contributed by atoms with van der Waals surface area (Å²) in [4.78, 5) is 4.52. The van der Waals surface area contributed by atoms with Crippen molar-refractivity contribution in [2.24, 2.45) is 0 Å². The van der Waals surface area contributed by atoms with Gasteiger partial charge in [0.1, 0.15) is 6.10 Å². The normalized spacial score (nSPS) is 17.2. The second-order valence-corrected chi connectivity index (χ2v) is 7.71. The Bertz CT molecular complexity index is 447. The van der Waals surface area contributed by atoms with Gasteiger partial charge < -0.3 is 4.74 Å². The maximum atomic E-state index is 6.13. The number of pyridine rings is 1. The highest BCUT2D eigenvalue weighted by atomic mass is 16.5. The van der Waals surface area contributed by atoms with E-state index in [1.807, 2.05) is 6.20 Å². The van der Waals surface area contributed by atoms with Gasteiger partial charge in [-0.1, -0.05) is 41.5 Å². The Balaban J connectivity index is 2.47. The molecule has 2 heteroatoms. The van der Waals surface area contributed by atoms with Gasteiger partial charge in [0, 0.05) is 11.8 Å². The molecule has 1 aromatic rings. The molecule has 0 saturated heterocycles. The Labute approximate surface area is 117 Å². The molecule has 1 saturated carbocycles. The number of hydrogen-bond donors (Lipinski definition) is 0. The number of hydrogen-bond acceptors (Lipinski definition) is 2. The lowest BCUT2D eigenvalue weighted by atomic mass is 9.76. The fourth-order valence-electron chi connectivity index (χ4n) is 2.53. The van der Waals surface area contributed by atoms with E-state index in [9.17, 15) is 0 Å². The van der Waals surface area contributed by atoms with Crippen LogP contribution in [0.25, 0.3) is 0 Å². The summed E-state index contributed by atoms with van der Waals surface area (Å²) >= 11 is 0. The van der Waals surface area contributed by atoms with E-state index in [0.29, 0.717) is 6.10 Å². The third-order valence-electron chi connectivity index (χ3n) is 3.80. The van der Waals surface area contributed by atoms with Crippen LogP contribution in [-0.2, 0) is 10.8 Å². The van der Waals surface area contributed by atoms with E-state index in [4.69, 9.17) is 4.74 Å². The zero-order valence-electron chi connectivity index (χ0n) is 13.2. The van der Waals surface area contributed by atoms with Gasteiger partial charge in [-0.2, -0.15) is 0 Å². The molecule has 19 heavy (non-hydrogen) atoms. The molecule has 2 nitrogen and oxygen atoms in total. The maximum Gasteiger partial charge on any atom is 0.217 e. The number of ether oxygens (including phenoxy) is 1. The molecule has 0 aliphatic heterocycles. The van der Waals surface area contributed by atoms with Crippen molar-refractivity contribution in [1.82, 2.24) is 4.98 Å². The van der Waals surface area contributed by atoms with Crippen LogP contribution in [0, 0.1) is 0 Å². The summed E-state index contributed by atoms with van der Waals surface area (Å²) in [7, 11) is 0. The molecule has 0 atom stereocenters. The van der Waals surface area contributed by atoms with Gasteiger partial charge in [0.05, 0.1) is 0 Å². The van der Waals surface area contributed by atoms with E-state index in [-0.39, 0.29) is 10.8 Å². The summed E-state index contributed by atoms with van der Waals surface area (Å²) in [6.45, 7) is 13.5. The van der Waals surface area contributed by atoms with Gasteiger partial charge in [0.25, 0.3) is 0 Å². The smallest absolute Gasteiger partial charge is 0.217 e. The van der Waals surface area contributed by atoms with Crippen molar-refractivity contribution in [3.63, 3.8) is 0 Å². The van der Waals surface area contributed by atoms with Crippen LogP contribution in [0.1, 0.15) is 71.9 Å². The number of rotatable bonds is 2. The van der Waals surface area contributed by atoms with Crippen molar-refractivity contribution in [1.29, 1.82) is 0 Å². The molecule has 2 rings (SSSR count). The summed E-state index contributed by atoms with van der Waals surface area (Å²) in [6.07, 6.45) is 5.90. The molecule has 0 aromatic carbocycles. The van der Waals surface area contributed by atoms with Crippen molar-refractivity contribution in [3.05, 3.63) is 23.4 Å². The van der Waals surface area contributed by atoms with Gasteiger partial charge in [-0.3, -0.25) is 0 Å². The highest BCUT2D eigenvalue weighted by molar-refractivity contribution is 5.43. The summed E-state index contributed by atoms with van der Waals surface area (Å²) in [5.41, 5.74) is 2.79. The van der Waals surface area contributed by atoms with Gasteiger partial charge >= 0.3 is 0 Å². The Morgan fingerprint density at radius 3 is 2.11 bits per heavy atom. The Morgan fingerprint density at radius 1 is 1.05 bits per heavy atom. The highest BCUT2D eigenvalue weighted by Gasteiger charge is 2.31. The minimum absolute atomic E-state index is 0.0515. The van der Waals surface area contributed by atoms with Crippen molar-refractivity contribution < 1.29 is 4.74 Å². The monoisotopic (exact) mass is 261 g/mol. The van der Waals surface area contributed by atoms with Gasteiger partial charge in [0.15, 0.2) is 0 Å². The van der Waals surface area contributed by atoms with E-state index in [2.05, 4.69) is 52.6 Å². The molecule has 106 valence electrons. The average molecular weight is 261 g/mol. The Hall–Kier alpha value is -1.05. The largest absolute Gasteiger partial charge is 0.474 e. The summed E-state index contributed by atoms with van der Waals surface area (Å²) in [5.74, 6) is 0.852. The van der Waals surface area contributed by atoms with Crippen LogP contribution in [0.15, 0.2) is 12.3 Å². The van der Waals surface area contributed by atoms with Crippen molar-refractivity contribution >= 4 is 0 Å². The Kier molecular flexibility index (Phi) is 3.63. The molecule has 0 N–H and O–H groups in total. The first kappa shape index (κ1) is 14.4. The predicted octanol–water partition coefficient (Wildman–Crippen LogP) is 4.61. The molecule has 0 spiro atoms. The molecule has 1 aromatic heterocycles. The first-order valence-corrected chi connectivity index (χ1v) is 7.36. The zero-order chi connectivity index (χ0) is 14.3. The minimum Gasteiger partial charge on any atom is -0.474 e. The standard InChI is InChI=1S/C17H27NO/c1-16(2,3)13-10-11-18-15(14(13)17(4,5)6)19-12-8-7-9-12/h10-12H,7-9H2,1-6H3. The molecular weight excluding hydrogens is 234 g/mol. The van der Waals surface area contributed by atoms with Crippen LogP contribution in [0.5, 0.6) is 5.88 Å². The van der Waals surface area contributed by atoms with E-state index in [0.717, 1.165) is 5.88 Å². The van der Waals surface area contributed by atoms with Crippen LogP contribution in [0.2, 0.25) is 0 Å². The Morgan fingerprint density at radius 2 is 1.68 bits per heavy atom. The molecule has 0 amide bonds. The fourth-order valence-corrected chi connectivity index (χ4v) is 2.53. The maximum absolute atomic E-state index is 6.13. The molecular formula is C17H27NO. The summed E-state index contributed by atoms with van der Waals surface area (Å²) in [6, 6.07) is 2.15. The van der Waals surface area contributed by atoms with E-state index in [1.165, 1.54) is 30.4 Å². The lowest BCUT2D eigenvalue weighted by Gasteiger charge is -2.33. The topological polar surface area (TPSA) is 22.1 Å². The van der Waals surface area contributed by atoms with Crippen molar-refractivity contribution in [2.45, 2.75) is 77.7 Å². The van der Waals surface area contributed by atoms with Gasteiger partial charge in [-0.25, -0.2) is 4.98 Å². The van der Waals surface area contributed by atoms with Crippen molar-refractivity contribution in [2.75, 3.05) is 0 Å². The third-order valence-corrected chi connectivity index (χ3v) is 3.80. The molecule has 0 radical (unpaired) electrons. The third kappa shape index (κ3) is 3.10. The molecule has 1 aliphatic rings.